The number of cyclic esters (lactones) is 1. The predicted molar refractivity (Wildman–Crippen MR) is 148 cm³/mol. The molecule has 0 aromatic heterocycles. The van der Waals surface area contributed by atoms with Crippen LogP contribution in [-0.4, -0.2) is 85.8 Å². The minimum Gasteiger partial charge on any atom is -0.504 e. The van der Waals surface area contributed by atoms with Crippen LogP contribution in [0.15, 0.2) is 58.8 Å². The summed E-state index contributed by atoms with van der Waals surface area (Å²) in [6, 6.07) is 5.23. The van der Waals surface area contributed by atoms with Gasteiger partial charge in [0, 0.05) is 17.4 Å². The summed E-state index contributed by atoms with van der Waals surface area (Å²) >= 11 is 1.98. The van der Waals surface area contributed by atoms with E-state index in [1.807, 2.05) is 22.6 Å². The number of alkyl halides is 1. The van der Waals surface area contributed by atoms with Crippen LogP contribution >= 0.6 is 22.6 Å². The number of aliphatic hydroxyl groups is 5. The van der Waals surface area contributed by atoms with Crippen LogP contribution < -0.4 is 9.47 Å². The van der Waals surface area contributed by atoms with E-state index in [9.17, 15) is 30.3 Å². The van der Waals surface area contributed by atoms with Gasteiger partial charge in [-0.25, -0.2) is 4.79 Å². The van der Waals surface area contributed by atoms with Gasteiger partial charge in [0.1, 0.15) is 24.6 Å². The molecule has 5 aliphatic rings. The SMILES string of the molecule is CC(C)(O)O[C@H]1C(I)[C@@H](CO)OC(OC2=C3COC(=O)C3=C(c3ccc4c(c3)OCO4)C3C=C(O)C(O)=CC23)[C@@H]1O. The van der Waals surface area contributed by atoms with Crippen LogP contribution in [0.25, 0.3) is 5.57 Å². The molecule has 41 heavy (non-hydrogen) atoms. The van der Waals surface area contributed by atoms with E-state index in [0.29, 0.717) is 28.2 Å². The molecule has 220 valence electrons. The third kappa shape index (κ3) is 4.97. The number of rotatable bonds is 6. The van der Waals surface area contributed by atoms with Crippen molar-refractivity contribution in [2.45, 2.75) is 48.2 Å². The van der Waals surface area contributed by atoms with Gasteiger partial charge in [-0.2, -0.15) is 0 Å². The number of allylic oxidation sites excluding steroid dienone is 3. The zero-order valence-corrected chi connectivity index (χ0v) is 24.2. The fourth-order valence-corrected chi connectivity index (χ4v) is 6.70. The summed E-state index contributed by atoms with van der Waals surface area (Å²) in [6.07, 6.45) is -1.78. The van der Waals surface area contributed by atoms with Crippen molar-refractivity contribution in [3.8, 4) is 11.5 Å². The lowest BCUT2D eigenvalue weighted by Crippen LogP contribution is -2.59. The van der Waals surface area contributed by atoms with Gasteiger partial charge >= 0.3 is 5.97 Å². The van der Waals surface area contributed by atoms with Crippen LogP contribution in [0, 0.1) is 11.8 Å². The second-order valence-corrected chi connectivity index (χ2v) is 12.2. The molecular formula is C28H29IO12. The number of fused-ring (bicyclic) bond motifs is 3. The molecule has 1 aromatic rings. The first-order chi connectivity index (χ1) is 19.5. The highest BCUT2D eigenvalue weighted by Crippen LogP contribution is 2.52. The van der Waals surface area contributed by atoms with Crippen molar-refractivity contribution in [3.05, 3.63) is 64.3 Å². The molecule has 0 radical (unpaired) electrons. The molecule has 2 aliphatic carbocycles. The average molecular weight is 684 g/mol. The van der Waals surface area contributed by atoms with Gasteiger partial charge in [0.15, 0.2) is 28.8 Å². The topological polar surface area (TPSA) is 174 Å². The highest BCUT2D eigenvalue weighted by molar-refractivity contribution is 14.1. The van der Waals surface area contributed by atoms with Crippen molar-refractivity contribution < 1.29 is 58.7 Å². The molecule has 0 spiro atoms. The molecule has 5 N–H and O–H groups in total. The van der Waals surface area contributed by atoms with Crippen molar-refractivity contribution in [1.82, 2.24) is 0 Å². The van der Waals surface area contributed by atoms with E-state index in [1.165, 1.54) is 26.0 Å². The van der Waals surface area contributed by atoms with E-state index in [4.69, 9.17) is 28.4 Å². The molecule has 0 saturated carbocycles. The molecule has 4 unspecified atom stereocenters. The van der Waals surface area contributed by atoms with Gasteiger partial charge in [-0.3, -0.25) is 0 Å². The summed E-state index contributed by atoms with van der Waals surface area (Å²) in [5.41, 5.74) is 1.76. The van der Waals surface area contributed by atoms with Crippen LogP contribution in [0.2, 0.25) is 0 Å². The highest BCUT2D eigenvalue weighted by atomic mass is 127. The van der Waals surface area contributed by atoms with E-state index in [1.54, 1.807) is 18.2 Å². The molecule has 12 nitrogen and oxygen atoms in total. The highest BCUT2D eigenvalue weighted by Gasteiger charge is 2.51. The van der Waals surface area contributed by atoms with Crippen molar-refractivity contribution in [1.29, 1.82) is 0 Å². The van der Waals surface area contributed by atoms with Crippen LogP contribution in [-0.2, 0) is 23.7 Å². The molecule has 2 fully saturated rings. The number of benzene rings is 1. The first kappa shape index (κ1) is 28.3. The molecule has 2 saturated heterocycles. The van der Waals surface area contributed by atoms with E-state index in [-0.39, 0.29) is 36.3 Å². The lowest BCUT2D eigenvalue weighted by molar-refractivity contribution is -0.300. The van der Waals surface area contributed by atoms with Gasteiger partial charge < -0.3 is 54.0 Å². The zero-order valence-electron chi connectivity index (χ0n) is 22.0. The summed E-state index contributed by atoms with van der Waals surface area (Å²) in [6.45, 7) is 2.35. The first-order valence-electron chi connectivity index (χ1n) is 13.0. The number of hydrogen-bond acceptors (Lipinski definition) is 12. The van der Waals surface area contributed by atoms with Crippen LogP contribution in [0.3, 0.4) is 0 Å². The Hall–Kier alpha value is -2.82. The number of carbonyl (C=O) groups excluding carboxylic acids is 1. The molecule has 1 aromatic carbocycles. The van der Waals surface area contributed by atoms with Crippen LogP contribution in [0.1, 0.15) is 19.4 Å². The Balaban J connectivity index is 1.45. The van der Waals surface area contributed by atoms with Gasteiger partial charge in [0.2, 0.25) is 13.1 Å². The lowest BCUT2D eigenvalue weighted by atomic mass is 9.70. The molecule has 3 heterocycles. The largest absolute Gasteiger partial charge is 0.504 e. The number of aliphatic hydroxyl groups excluding tert-OH is 4. The summed E-state index contributed by atoms with van der Waals surface area (Å²) in [5.74, 6) is -3.17. The molecule has 7 atom stereocenters. The van der Waals surface area contributed by atoms with E-state index >= 15 is 0 Å². The van der Waals surface area contributed by atoms with Crippen molar-refractivity contribution in [2.75, 3.05) is 20.0 Å². The Morgan fingerprint density at radius 1 is 1.07 bits per heavy atom. The summed E-state index contributed by atoms with van der Waals surface area (Å²) < 4.78 is 33.8. The normalized spacial score (nSPS) is 32.7. The first-order valence-corrected chi connectivity index (χ1v) is 14.2. The maximum Gasteiger partial charge on any atom is 0.339 e. The fraction of sp³-hybridized carbons (Fsp3) is 0.464. The summed E-state index contributed by atoms with van der Waals surface area (Å²) in [4.78, 5) is 13.2. The van der Waals surface area contributed by atoms with Crippen molar-refractivity contribution in [2.24, 2.45) is 11.8 Å². The standard InChI is InChI=1S/C28H29IO12/c1-28(2,35)41-25-22(29)19(8-30)39-27(23(25)33)40-24-13-7-16(32)15(31)6-12(13)20(21-14(24)9-36-26(21)34)11-3-4-17-18(5-11)38-10-37-17/h3-7,12-13,19,22-23,25,27,30-33,35H,8-10H2,1-2H3/t12?,13?,19-,22?,23-,25+,27?/m1/s1. The second kappa shape index (κ2) is 10.5. The third-order valence-corrected chi connectivity index (χ3v) is 9.02. The zero-order chi connectivity index (χ0) is 29.2. The Labute approximate surface area is 248 Å². The number of esters is 1. The second-order valence-electron chi connectivity index (χ2n) is 10.7. The molecule has 0 amide bonds. The minimum atomic E-state index is -1.60. The maximum absolute atomic E-state index is 13.2. The lowest BCUT2D eigenvalue weighted by Gasteiger charge is -2.45. The van der Waals surface area contributed by atoms with E-state index in [0.717, 1.165) is 0 Å². The summed E-state index contributed by atoms with van der Waals surface area (Å²) in [7, 11) is 0. The van der Waals surface area contributed by atoms with Gasteiger partial charge in [-0.15, -0.1) is 0 Å². The molecular weight excluding hydrogens is 655 g/mol. The van der Waals surface area contributed by atoms with E-state index < -0.39 is 58.7 Å². The maximum atomic E-state index is 13.2. The van der Waals surface area contributed by atoms with Gasteiger partial charge in [-0.1, -0.05) is 28.7 Å². The van der Waals surface area contributed by atoms with Crippen molar-refractivity contribution >= 4 is 34.1 Å². The Morgan fingerprint density at radius 2 is 1.78 bits per heavy atom. The smallest absolute Gasteiger partial charge is 0.339 e. The fourth-order valence-electron chi connectivity index (χ4n) is 5.73. The van der Waals surface area contributed by atoms with Gasteiger partial charge in [0.25, 0.3) is 0 Å². The molecule has 13 heteroatoms. The number of hydrogen-bond donors (Lipinski definition) is 5. The molecule has 3 aliphatic heterocycles. The van der Waals surface area contributed by atoms with Crippen LogP contribution in [0.4, 0.5) is 0 Å². The third-order valence-electron chi connectivity index (χ3n) is 7.51. The Bertz CT molecular complexity index is 1390. The van der Waals surface area contributed by atoms with E-state index in [2.05, 4.69) is 0 Å². The number of ether oxygens (including phenoxy) is 6. The number of halogens is 1. The number of carbonyl (C=O) groups is 1. The van der Waals surface area contributed by atoms with Gasteiger partial charge in [0.05, 0.1) is 22.2 Å². The Morgan fingerprint density at radius 3 is 2.49 bits per heavy atom. The summed E-state index contributed by atoms with van der Waals surface area (Å²) in [5, 5.41) is 52.5. The quantitative estimate of drug-likeness (QED) is 0.128. The monoisotopic (exact) mass is 684 g/mol. The average Bonchev–Trinajstić information content (AvgIpc) is 3.55. The molecule has 0 bridgehead atoms. The Kier molecular flexibility index (Phi) is 7.23. The minimum absolute atomic E-state index is 0.0635. The van der Waals surface area contributed by atoms with Crippen molar-refractivity contribution in [3.63, 3.8) is 0 Å². The molecule has 6 rings (SSSR count). The predicted octanol–water partition coefficient (Wildman–Crippen LogP) is 2.14. The van der Waals surface area contributed by atoms with Crippen LogP contribution in [0.5, 0.6) is 11.5 Å². The van der Waals surface area contributed by atoms with Gasteiger partial charge in [-0.05, 0) is 49.3 Å².